The minimum Gasteiger partial charge on any atom is -0.300 e. The van der Waals surface area contributed by atoms with Crippen LogP contribution < -0.4 is 0 Å². The summed E-state index contributed by atoms with van der Waals surface area (Å²) in [5.41, 5.74) is 0.156. The highest BCUT2D eigenvalue weighted by Crippen LogP contribution is 2.47. The summed E-state index contributed by atoms with van der Waals surface area (Å²) in [5, 5.41) is 0. The average Bonchev–Trinajstić information content (AvgIpc) is 2.08. The first-order valence-corrected chi connectivity index (χ1v) is 5.16. The first-order valence-electron chi connectivity index (χ1n) is 5.16. The average molecular weight is 180 g/mol. The van der Waals surface area contributed by atoms with Crippen LogP contribution in [0, 0.1) is 11.3 Å². The molecule has 2 rings (SSSR count). The number of carbonyl (C=O) groups is 2. The monoisotopic (exact) mass is 180 g/mol. The zero-order valence-corrected chi connectivity index (χ0v) is 8.14. The van der Waals surface area contributed by atoms with Crippen LogP contribution >= 0.6 is 0 Å². The lowest BCUT2D eigenvalue weighted by molar-refractivity contribution is -0.139. The van der Waals surface area contributed by atoms with Crippen molar-refractivity contribution in [3.8, 4) is 0 Å². The molecule has 0 bridgehead atoms. The lowest BCUT2D eigenvalue weighted by atomic mass is 9.60. The Morgan fingerprint density at radius 1 is 1.23 bits per heavy atom. The smallest absolute Gasteiger partial charge is 0.136 e. The van der Waals surface area contributed by atoms with Gasteiger partial charge in [0.25, 0.3) is 0 Å². The van der Waals surface area contributed by atoms with Gasteiger partial charge < -0.3 is 0 Å². The summed E-state index contributed by atoms with van der Waals surface area (Å²) in [4.78, 5) is 22.9. The van der Waals surface area contributed by atoms with Crippen LogP contribution in [0.1, 0.15) is 45.4 Å². The van der Waals surface area contributed by atoms with Crippen molar-refractivity contribution in [3.63, 3.8) is 0 Å². The number of Topliss-reactive ketones (excluding diaryl/α,β-unsaturated/α-hetero) is 2. The molecule has 2 nitrogen and oxygen atoms in total. The van der Waals surface area contributed by atoms with E-state index in [1.54, 1.807) is 0 Å². The second-order valence-corrected chi connectivity index (χ2v) is 4.77. The minimum atomic E-state index is 0.0579. The van der Waals surface area contributed by atoms with Crippen molar-refractivity contribution >= 4 is 11.6 Å². The van der Waals surface area contributed by atoms with Crippen molar-refractivity contribution in [2.75, 3.05) is 0 Å². The minimum absolute atomic E-state index is 0.0579. The van der Waals surface area contributed by atoms with Crippen LogP contribution in [0.15, 0.2) is 0 Å². The third-order valence-corrected chi connectivity index (χ3v) is 3.81. The van der Waals surface area contributed by atoms with Gasteiger partial charge in [-0.05, 0) is 24.7 Å². The van der Waals surface area contributed by atoms with Gasteiger partial charge in [-0.15, -0.1) is 0 Å². The van der Waals surface area contributed by atoms with E-state index in [0.717, 1.165) is 19.3 Å². The van der Waals surface area contributed by atoms with Crippen molar-refractivity contribution < 1.29 is 9.59 Å². The van der Waals surface area contributed by atoms with Crippen LogP contribution in [-0.4, -0.2) is 11.6 Å². The third kappa shape index (κ3) is 1.43. The van der Waals surface area contributed by atoms with Gasteiger partial charge in [0, 0.05) is 25.2 Å². The standard InChI is InChI=1S/C11H16O2/c1-11-5-2-3-10(13)9(11)7-8(12)4-6-11/h9H,2-7H2,1H3/t9-,11-/m0/s1. The van der Waals surface area contributed by atoms with E-state index < -0.39 is 0 Å². The normalized spacial score (nSPS) is 40.2. The summed E-state index contributed by atoms with van der Waals surface area (Å²) < 4.78 is 0. The predicted octanol–water partition coefficient (Wildman–Crippen LogP) is 2.11. The maximum Gasteiger partial charge on any atom is 0.136 e. The highest BCUT2D eigenvalue weighted by atomic mass is 16.1. The van der Waals surface area contributed by atoms with Gasteiger partial charge >= 0.3 is 0 Å². The Balaban J connectivity index is 2.22. The maximum atomic E-state index is 11.6. The van der Waals surface area contributed by atoms with Gasteiger partial charge in [0.15, 0.2) is 0 Å². The maximum absolute atomic E-state index is 11.6. The molecule has 2 saturated carbocycles. The van der Waals surface area contributed by atoms with Crippen molar-refractivity contribution in [3.05, 3.63) is 0 Å². The molecule has 2 fully saturated rings. The second-order valence-electron chi connectivity index (χ2n) is 4.77. The first kappa shape index (κ1) is 8.92. The van der Waals surface area contributed by atoms with Gasteiger partial charge in [0.1, 0.15) is 11.6 Å². The van der Waals surface area contributed by atoms with Crippen LogP contribution in [0.2, 0.25) is 0 Å². The molecule has 0 amide bonds. The molecule has 2 aliphatic carbocycles. The molecule has 0 aromatic carbocycles. The number of rotatable bonds is 0. The van der Waals surface area contributed by atoms with Gasteiger partial charge in [0.2, 0.25) is 0 Å². The fraction of sp³-hybridized carbons (Fsp3) is 0.818. The number of fused-ring (bicyclic) bond motifs is 1. The van der Waals surface area contributed by atoms with E-state index in [1.807, 2.05) is 0 Å². The van der Waals surface area contributed by atoms with Gasteiger partial charge in [-0.25, -0.2) is 0 Å². The summed E-state index contributed by atoms with van der Waals surface area (Å²) in [6, 6.07) is 0. The number of hydrogen-bond donors (Lipinski definition) is 0. The predicted molar refractivity (Wildman–Crippen MR) is 49.3 cm³/mol. The molecule has 72 valence electrons. The van der Waals surface area contributed by atoms with E-state index in [0.29, 0.717) is 25.0 Å². The quantitative estimate of drug-likeness (QED) is 0.572. The highest BCUT2D eigenvalue weighted by molar-refractivity contribution is 5.90. The Labute approximate surface area is 78.7 Å². The number of ketones is 2. The molecule has 0 heterocycles. The van der Waals surface area contributed by atoms with E-state index in [4.69, 9.17) is 0 Å². The molecule has 0 radical (unpaired) electrons. The molecule has 2 aliphatic rings. The molecule has 0 aromatic rings. The van der Waals surface area contributed by atoms with Gasteiger partial charge in [0.05, 0.1) is 0 Å². The Bertz CT molecular complexity index is 257. The zero-order valence-electron chi connectivity index (χ0n) is 8.14. The second kappa shape index (κ2) is 2.93. The van der Waals surface area contributed by atoms with E-state index in [1.165, 1.54) is 0 Å². The van der Waals surface area contributed by atoms with Crippen LogP contribution in [0.3, 0.4) is 0 Å². The Kier molecular flexibility index (Phi) is 2.01. The summed E-state index contributed by atoms with van der Waals surface area (Å²) >= 11 is 0. The lowest BCUT2D eigenvalue weighted by Crippen LogP contribution is -2.42. The largest absolute Gasteiger partial charge is 0.300 e. The Morgan fingerprint density at radius 3 is 2.77 bits per heavy atom. The summed E-state index contributed by atoms with van der Waals surface area (Å²) in [6.45, 7) is 2.18. The summed E-state index contributed by atoms with van der Waals surface area (Å²) in [5.74, 6) is 0.682. The fourth-order valence-electron chi connectivity index (χ4n) is 2.82. The van der Waals surface area contributed by atoms with Crippen molar-refractivity contribution in [1.82, 2.24) is 0 Å². The van der Waals surface area contributed by atoms with Crippen molar-refractivity contribution in [2.45, 2.75) is 45.4 Å². The fourth-order valence-corrected chi connectivity index (χ4v) is 2.82. The lowest BCUT2D eigenvalue weighted by Gasteiger charge is -2.43. The molecule has 0 N–H and O–H groups in total. The first-order chi connectivity index (χ1) is 6.12. The van der Waals surface area contributed by atoms with E-state index in [-0.39, 0.29) is 17.1 Å². The third-order valence-electron chi connectivity index (χ3n) is 3.81. The Morgan fingerprint density at radius 2 is 2.00 bits per heavy atom. The Hall–Kier alpha value is -0.660. The summed E-state index contributed by atoms with van der Waals surface area (Å²) in [7, 11) is 0. The zero-order chi connectivity index (χ0) is 9.47. The number of hydrogen-bond acceptors (Lipinski definition) is 2. The van der Waals surface area contributed by atoms with Gasteiger partial charge in [-0.2, -0.15) is 0 Å². The molecule has 0 aliphatic heterocycles. The summed E-state index contributed by atoms with van der Waals surface area (Å²) in [6.07, 6.45) is 5.02. The molecular weight excluding hydrogens is 164 g/mol. The van der Waals surface area contributed by atoms with E-state index in [9.17, 15) is 9.59 Å². The van der Waals surface area contributed by atoms with Crippen LogP contribution in [-0.2, 0) is 9.59 Å². The van der Waals surface area contributed by atoms with Crippen LogP contribution in [0.4, 0.5) is 0 Å². The molecule has 2 atom stereocenters. The van der Waals surface area contributed by atoms with Gasteiger partial charge in [-0.1, -0.05) is 6.92 Å². The topological polar surface area (TPSA) is 34.1 Å². The molecule has 2 heteroatoms. The highest BCUT2D eigenvalue weighted by Gasteiger charge is 2.44. The molecule has 0 spiro atoms. The van der Waals surface area contributed by atoms with Crippen LogP contribution in [0.25, 0.3) is 0 Å². The SMILES string of the molecule is C[C@@]12CCCC(=O)[C@@H]1CC(=O)CC2. The van der Waals surface area contributed by atoms with Crippen molar-refractivity contribution in [1.29, 1.82) is 0 Å². The number of carbonyl (C=O) groups excluding carboxylic acids is 2. The molecular formula is C11H16O2. The molecule has 0 saturated heterocycles. The van der Waals surface area contributed by atoms with Crippen molar-refractivity contribution in [2.24, 2.45) is 11.3 Å². The molecule has 0 unspecified atom stereocenters. The molecule has 0 aromatic heterocycles. The molecule has 13 heavy (non-hydrogen) atoms. The van der Waals surface area contributed by atoms with Crippen LogP contribution in [0.5, 0.6) is 0 Å². The van der Waals surface area contributed by atoms with Gasteiger partial charge in [-0.3, -0.25) is 9.59 Å². The van der Waals surface area contributed by atoms with E-state index >= 15 is 0 Å². The van der Waals surface area contributed by atoms with E-state index in [2.05, 4.69) is 6.92 Å².